The average molecular weight is 508 g/mol. The second-order valence-electron chi connectivity index (χ2n) is 8.42. The van der Waals surface area contributed by atoms with Gasteiger partial charge in [0.1, 0.15) is 0 Å². The number of amides is 1. The molecule has 0 saturated carbocycles. The van der Waals surface area contributed by atoms with Crippen molar-refractivity contribution in [3.05, 3.63) is 114 Å². The monoisotopic (exact) mass is 508 g/mol. The molecule has 0 radical (unpaired) electrons. The maximum Gasteiger partial charge on any atom is 0.673 e. The lowest BCUT2D eigenvalue weighted by atomic mass is 10.0. The van der Waals surface area contributed by atoms with Crippen molar-refractivity contribution in [2.75, 3.05) is 6.54 Å². The first-order valence-corrected chi connectivity index (χ1v) is 12.1. The molecule has 1 heterocycles. The van der Waals surface area contributed by atoms with E-state index in [0.717, 1.165) is 40.8 Å². The van der Waals surface area contributed by atoms with Crippen LogP contribution in [0.25, 0.3) is 22.4 Å². The molecule has 0 atom stereocenters. The quantitative estimate of drug-likeness (QED) is 0.116. The van der Waals surface area contributed by atoms with Crippen LogP contribution >= 0.6 is 0 Å². The molecule has 192 valence electrons. The van der Waals surface area contributed by atoms with Crippen LogP contribution in [0.3, 0.4) is 0 Å². The molecule has 0 aliphatic carbocycles. The summed E-state index contributed by atoms with van der Waals surface area (Å²) in [6.07, 6.45) is 2.01. The number of nitrogens with zero attached hydrogens (tertiary/aromatic N) is 1. The predicted molar refractivity (Wildman–Crippen MR) is 140 cm³/mol. The highest BCUT2D eigenvalue weighted by Gasteiger charge is 2.26. The number of hydrogen-bond acceptors (Lipinski definition) is 1. The second kappa shape index (κ2) is 13.4. The van der Waals surface area contributed by atoms with E-state index in [-0.39, 0.29) is 5.91 Å². The van der Waals surface area contributed by atoms with Gasteiger partial charge in [-0.3, -0.25) is 4.79 Å². The molecular weight excluding hydrogens is 479 g/mol. The lowest BCUT2D eigenvalue weighted by Crippen LogP contribution is -2.46. The van der Waals surface area contributed by atoms with Gasteiger partial charge in [-0.1, -0.05) is 92.2 Å². The standard InChI is InChI=1S/C29H28N2O.BF4/c1-2-3-19-30-29(32)28-21-26(24-15-9-5-10-16-24)20-27(25-17-11-6-12-18-25)31(28)22-23-13-7-4-8-14-23;2-1(3,4)5/h4-18,20-21H,2-3,19,22H2,1H3;/q;-1/p+1. The molecule has 1 amide bonds. The topological polar surface area (TPSA) is 33.0 Å². The first kappa shape index (κ1) is 27.6. The van der Waals surface area contributed by atoms with Gasteiger partial charge in [0.25, 0.3) is 5.69 Å². The summed E-state index contributed by atoms with van der Waals surface area (Å²) in [7, 11) is -6.00. The lowest BCUT2D eigenvalue weighted by molar-refractivity contribution is -0.679. The number of halogens is 4. The molecule has 0 spiro atoms. The van der Waals surface area contributed by atoms with Crippen LogP contribution in [-0.2, 0) is 6.54 Å². The summed E-state index contributed by atoms with van der Waals surface area (Å²) >= 11 is 0. The summed E-state index contributed by atoms with van der Waals surface area (Å²) in [6.45, 7) is 3.43. The molecule has 0 fully saturated rings. The van der Waals surface area contributed by atoms with Gasteiger partial charge in [-0.15, -0.1) is 0 Å². The summed E-state index contributed by atoms with van der Waals surface area (Å²) in [5.74, 6) is -0.0376. The van der Waals surface area contributed by atoms with E-state index >= 15 is 0 Å². The lowest BCUT2D eigenvalue weighted by Gasteiger charge is -2.13. The fourth-order valence-corrected chi connectivity index (χ4v) is 3.86. The third kappa shape index (κ3) is 8.90. The van der Waals surface area contributed by atoms with E-state index in [9.17, 15) is 22.1 Å². The molecule has 8 heteroatoms. The summed E-state index contributed by atoms with van der Waals surface area (Å²) < 4.78 is 41.1. The van der Waals surface area contributed by atoms with Gasteiger partial charge in [-0.25, -0.2) is 0 Å². The van der Waals surface area contributed by atoms with Crippen molar-refractivity contribution in [2.24, 2.45) is 0 Å². The fraction of sp³-hybridized carbons (Fsp3) is 0.172. The molecule has 0 aliphatic rings. The molecule has 0 unspecified atom stereocenters. The number of carbonyl (C=O) groups is 1. The van der Waals surface area contributed by atoms with E-state index in [4.69, 9.17) is 0 Å². The summed E-state index contributed by atoms with van der Waals surface area (Å²) in [5, 5.41) is 3.12. The molecule has 4 rings (SSSR count). The number of pyridine rings is 1. The van der Waals surface area contributed by atoms with Crippen LogP contribution in [0.4, 0.5) is 17.3 Å². The molecule has 3 aromatic carbocycles. The van der Waals surface area contributed by atoms with Crippen LogP contribution in [0.2, 0.25) is 0 Å². The van der Waals surface area contributed by atoms with Crippen molar-refractivity contribution < 1.29 is 26.6 Å². The fourth-order valence-electron chi connectivity index (χ4n) is 3.86. The Bertz CT molecular complexity index is 1260. The van der Waals surface area contributed by atoms with Crippen LogP contribution in [0.5, 0.6) is 0 Å². The summed E-state index contributed by atoms with van der Waals surface area (Å²) in [6, 6.07) is 35.1. The Morgan fingerprint density at radius 1 is 0.757 bits per heavy atom. The van der Waals surface area contributed by atoms with Crippen molar-refractivity contribution in [1.82, 2.24) is 5.32 Å². The average Bonchev–Trinajstić information content (AvgIpc) is 2.89. The molecule has 3 nitrogen and oxygen atoms in total. The molecule has 0 aliphatic heterocycles. The van der Waals surface area contributed by atoms with Crippen molar-refractivity contribution in [1.29, 1.82) is 0 Å². The van der Waals surface area contributed by atoms with Gasteiger partial charge in [0.2, 0.25) is 5.69 Å². The van der Waals surface area contributed by atoms with E-state index in [1.807, 2.05) is 60.7 Å². The Morgan fingerprint density at radius 2 is 1.27 bits per heavy atom. The normalized spacial score (nSPS) is 10.8. The third-order valence-electron chi connectivity index (χ3n) is 5.57. The van der Waals surface area contributed by atoms with Crippen LogP contribution in [0.1, 0.15) is 35.8 Å². The zero-order chi connectivity index (χ0) is 26.7. The van der Waals surface area contributed by atoms with Crippen molar-refractivity contribution >= 4 is 13.2 Å². The van der Waals surface area contributed by atoms with Gasteiger partial charge in [0.05, 0.1) is 0 Å². The van der Waals surface area contributed by atoms with Crippen molar-refractivity contribution in [3.8, 4) is 22.4 Å². The van der Waals surface area contributed by atoms with Gasteiger partial charge in [0.15, 0.2) is 6.54 Å². The number of aromatic nitrogens is 1. The Labute approximate surface area is 214 Å². The maximum atomic E-state index is 13.4. The van der Waals surface area contributed by atoms with Crippen LogP contribution in [0, 0.1) is 0 Å². The van der Waals surface area contributed by atoms with Gasteiger partial charge in [0, 0.05) is 29.8 Å². The minimum atomic E-state index is -6.00. The molecule has 1 aromatic heterocycles. The molecular formula is C29H29BF4N2O. The zero-order valence-electron chi connectivity index (χ0n) is 20.6. The van der Waals surface area contributed by atoms with Gasteiger partial charge >= 0.3 is 13.2 Å². The largest absolute Gasteiger partial charge is 0.673 e. The predicted octanol–water partition coefficient (Wildman–Crippen LogP) is 7.19. The second-order valence-corrected chi connectivity index (χ2v) is 8.42. The van der Waals surface area contributed by atoms with Gasteiger partial charge in [-0.05, 0) is 29.7 Å². The minimum Gasteiger partial charge on any atom is -0.418 e. The molecule has 0 saturated heterocycles. The zero-order valence-corrected chi connectivity index (χ0v) is 20.6. The number of unbranched alkanes of at least 4 members (excludes halogenated alkanes) is 1. The summed E-state index contributed by atoms with van der Waals surface area (Å²) in [5.41, 5.74) is 6.07. The number of rotatable bonds is 8. The number of carbonyl (C=O) groups excluding carboxylic acids is 1. The summed E-state index contributed by atoms with van der Waals surface area (Å²) in [4.78, 5) is 13.4. The van der Waals surface area contributed by atoms with Crippen LogP contribution < -0.4 is 9.88 Å². The van der Waals surface area contributed by atoms with Crippen molar-refractivity contribution in [3.63, 3.8) is 0 Å². The van der Waals surface area contributed by atoms with Gasteiger partial charge in [-0.2, -0.15) is 4.57 Å². The molecule has 4 aromatic rings. The first-order chi connectivity index (χ1) is 17.8. The highest BCUT2D eigenvalue weighted by molar-refractivity contribution is 6.50. The number of benzene rings is 3. The molecule has 37 heavy (non-hydrogen) atoms. The highest BCUT2D eigenvalue weighted by Crippen LogP contribution is 2.25. The van der Waals surface area contributed by atoms with Gasteiger partial charge < -0.3 is 22.6 Å². The van der Waals surface area contributed by atoms with E-state index in [0.29, 0.717) is 18.8 Å². The highest BCUT2D eigenvalue weighted by atomic mass is 19.5. The Balaban J connectivity index is 0.000000695. The van der Waals surface area contributed by atoms with Crippen LogP contribution in [-0.4, -0.2) is 19.7 Å². The maximum absolute atomic E-state index is 13.4. The number of nitrogens with one attached hydrogen (secondary N) is 1. The van der Waals surface area contributed by atoms with E-state index in [1.165, 1.54) is 0 Å². The van der Waals surface area contributed by atoms with Crippen LogP contribution in [0.15, 0.2) is 103 Å². The Morgan fingerprint density at radius 3 is 1.81 bits per heavy atom. The Kier molecular flexibility index (Phi) is 10.0. The molecule has 1 N–H and O–H groups in total. The smallest absolute Gasteiger partial charge is 0.418 e. The minimum absolute atomic E-state index is 0.0376. The van der Waals surface area contributed by atoms with E-state index < -0.39 is 7.25 Å². The van der Waals surface area contributed by atoms with E-state index in [2.05, 4.69) is 59.3 Å². The first-order valence-electron chi connectivity index (χ1n) is 12.1. The third-order valence-corrected chi connectivity index (χ3v) is 5.57. The Hall–Kier alpha value is -3.94. The van der Waals surface area contributed by atoms with E-state index in [1.54, 1.807) is 0 Å². The number of hydrogen-bond donors (Lipinski definition) is 1. The molecule has 0 bridgehead atoms. The SMILES string of the molecule is CCCCNC(=O)c1cc(-c2ccccc2)cc(-c2ccccc2)[n+]1Cc1ccccc1.F[B-](F)(F)F. The van der Waals surface area contributed by atoms with Crippen molar-refractivity contribution in [2.45, 2.75) is 26.3 Å².